The Kier molecular flexibility index (Phi) is 2.69. The Hall–Kier alpha value is -0.0400. The summed E-state index contributed by atoms with van der Waals surface area (Å²) in [5, 5.41) is 0. The van der Waals surface area contributed by atoms with Gasteiger partial charge in [0.15, 0.2) is 0 Å². The van der Waals surface area contributed by atoms with Gasteiger partial charge in [-0.05, 0) is 32.7 Å². The summed E-state index contributed by atoms with van der Waals surface area (Å²) in [7, 11) is 2.34. The van der Waals surface area contributed by atoms with Crippen molar-refractivity contribution in [3.8, 4) is 0 Å². The Balaban J connectivity index is 1.82. The van der Waals surface area contributed by atoms with E-state index in [1.54, 1.807) is 0 Å². The molecule has 0 aromatic heterocycles. The van der Waals surface area contributed by atoms with E-state index in [9.17, 15) is 0 Å². The molecular formula is C11H21N. The highest BCUT2D eigenvalue weighted by atomic mass is 15.2. The molecule has 0 bridgehead atoms. The topological polar surface area (TPSA) is 3.24 Å². The second kappa shape index (κ2) is 3.78. The van der Waals surface area contributed by atoms with Gasteiger partial charge in [0.1, 0.15) is 0 Å². The molecule has 0 aromatic carbocycles. The first-order valence-electron chi connectivity index (χ1n) is 5.60. The quantitative estimate of drug-likeness (QED) is 0.572. The van der Waals surface area contributed by atoms with Gasteiger partial charge in [-0.3, -0.25) is 0 Å². The van der Waals surface area contributed by atoms with E-state index in [0.717, 1.165) is 12.1 Å². The first kappa shape index (κ1) is 8.55. The largest absolute Gasteiger partial charge is 0.300 e. The smallest absolute Gasteiger partial charge is 0.00963 e. The van der Waals surface area contributed by atoms with E-state index >= 15 is 0 Å². The molecule has 0 unspecified atom stereocenters. The van der Waals surface area contributed by atoms with E-state index in [-0.39, 0.29) is 0 Å². The summed E-state index contributed by atoms with van der Waals surface area (Å²) in [6.07, 6.45) is 11.8. The van der Waals surface area contributed by atoms with Crippen molar-refractivity contribution in [2.75, 3.05) is 7.05 Å². The van der Waals surface area contributed by atoms with E-state index in [1.165, 1.54) is 51.4 Å². The van der Waals surface area contributed by atoms with Crippen LogP contribution in [0.25, 0.3) is 0 Å². The summed E-state index contributed by atoms with van der Waals surface area (Å²) in [4.78, 5) is 2.66. The molecule has 2 aliphatic rings. The molecule has 2 fully saturated rings. The molecule has 0 saturated heterocycles. The monoisotopic (exact) mass is 167 g/mol. The third-order valence-electron chi connectivity index (χ3n) is 3.52. The predicted molar refractivity (Wildman–Crippen MR) is 52.3 cm³/mol. The molecule has 70 valence electrons. The van der Waals surface area contributed by atoms with Crippen LogP contribution in [0.4, 0.5) is 0 Å². The van der Waals surface area contributed by atoms with E-state index < -0.39 is 0 Å². The molecule has 2 rings (SSSR count). The minimum absolute atomic E-state index is 0.931. The van der Waals surface area contributed by atoms with Crippen LogP contribution in [0.3, 0.4) is 0 Å². The molecule has 2 aliphatic carbocycles. The van der Waals surface area contributed by atoms with Crippen LogP contribution < -0.4 is 0 Å². The highest BCUT2D eigenvalue weighted by Gasteiger charge is 2.30. The highest BCUT2D eigenvalue weighted by molar-refractivity contribution is 4.87. The minimum Gasteiger partial charge on any atom is -0.300 e. The Bertz CT molecular complexity index is 132. The van der Waals surface area contributed by atoms with E-state index in [2.05, 4.69) is 11.9 Å². The van der Waals surface area contributed by atoms with E-state index in [4.69, 9.17) is 0 Å². The minimum atomic E-state index is 0.931. The van der Waals surface area contributed by atoms with E-state index in [0.29, 0.717) is 0 Å². The molecule has 0 N–H and O–H groups in total. The maximum absolute atomic E-state index is 2.66. The predicted octanol–water partition coefficient (Wildman–Crippen LogP) is 2.80. The first-order chi connectivity index (χ1) is 5.88. The summed E-state index contributed by atoms with van der Waals surface area (Å²) in [6.45, 7) is 0. The van der Waals surface area contributed by atoms with Crippen molar-refractivity contribution < 1.29 is 0 Å². The summed E-state index contributed by atoms with van der Waals surface area (Å²) in [5.41, 5.74) is 0. The molecule has 0 aromatic rings. The second-order valence-corrected chi connectivity index (χ2v) is 4.54. The average molecular weight is 167 g/mol. The van der Waals surface area contributed by atoms with Crippen molar-refractivity contribution in [3.63, 3.8) is 0 Å². The lowest BCUT2D eigenvalue weighted by atomic mass is 10.1. The molecule has 1 heteroatoms. The molecular weight excluding hydrogens is 146 g/mol. The molecule has 2 saturated carbocycles. The molecule has 0 atom stereocenters. The van der Waals surface area contributed by atoms with Gasteiger partial charge < -0.3 is 4.90 Å². The maximum Gasteiger partial charge on any atom is 0.00963 e. The molecule has 0 aliphatic heterocycles. The van der Waals surface area contributed by atoms with Crippen LogP contribution in [-0.4, -0.2) is 24.0 Å². The molecule has 0 heterocycles. The Morgan fingerprint density at radius 2 is 1.25 bits per heavy atom. The zero-order valence-electron chi connectivity index (χ0n) is 8.26. The van der Waals surface area contributed by atoms with Gasteiger partial charge in [0.05, 0.1) is 0 Å². The molecule has 0 amide bonds. The van der Waals surface area contributed by atoms with Gasteiger partial charge in [0.25, 0.3) is 0 Å². The molecule has 1 nitrogen and oxygen atoms in total. The number of hydrogen-bond donors (Lipinski definition) is 0. The Morgan fingerprint density at radius 3 is 1.75 bits per heavy atom. The number of rotatable bonds is 2. The molecule has 0 radical (unpaired) electrons. The van der Waals surface area contributed by atoms with Gasteiger partial charge in [0.2, 0.25) is 0 Å². The standard InChI is InChI=1S/C11H21N/c1-12(11-8-9-11)10-6-4-2-3-5-7-10/h10-11H,2-9H2,1H3. The SMILES string of the molecule is CN(C1CCCCCC1)C1CC1. The lowest BCUT2D eigenvalue weighted by Crippen LogP contribution is -2.32. The van der Waals surface area contributed by atoms with Gasteiger partial charge in [-0.25, -0.2) is 0 Å². The van der Waals surface area contributed by atoms with Crippen molar-refractivity contribution in [3.05, 3.63) is 0 Å². The van der Waals surface area contributed by atoms with Crippen LogP contribution in [0.2, 0.25) is 0 Å². The number of nitrogens with zero attached hydrogens (tertiary/aromatic N) is 1. The van der Waals surface area contributed by atoms with Crippen LogP contribution in [0, 0.1) is 0 Å². The van der Waals surface area contributed by atoms with E-state index in [1.807, 2.05) is 0 Å². The van der Waals surface area contributed by atoms with Gasteiger partial charge in [-0.2, -0.15) is 0 Å². The zero-order chi connectivity index (χ0) is 8.39. The third kappa shape index (κ3) is 2.01. The fourth-order valence-electron chi connectivity index (χ4n) is 2.45. The van der Waals surface area contributed by atoms with Crippen LogP contribution in [0.5, 0.6) is 0 Å². The van der Waals surface area contributed by atoms with Crippen molar-refractivity contribution >= 4 is 0 Å². The average Bonchev–Trinajstić information content (AvgIpc) is 2.92. The molecule has 0 spiro atoms. The van der Waals surface area contributed by atoms with Gasteiger partial charge in [-0.1, -0.05) is 25.7 Å². The fourth-order valence-corrected chi connectivity index (χ4v) is 2.45. The number of hydrogen-bond acceptors (Lipinski definition) is 1. The lowest BCUT2D eigenvalue weighted by Gasteiger charge is -2.26. The lowest BCUT2D eigenvalue weighted by molar-refractivity contribution is 0.211. The van der Waals surface area contributed by atoms with Crippen LogP contribution in [0.1, 0.15) is 51.4 Å². The van der Waals surface area contributed by atoms with Gasteiger partial charge in [0, 0.05) is 12.1 Å². The zero-order valence-corrected chi connectivity index (χ0v) is 8.26. The first-order valence-corrected chi connectivity index (χ1v) is 5.60. The molecule has 12 heavy (non-hydrogen) atoms. The summed E-state index contributed by atoms with van der Waals surface area (Å²) >= 11 is 0. The highest BCUT2D eigenvalue weighted by Crippen LogP contribution is 2.31. The normalized spacial score (nSPS) is 27.5. The van der Waals surface area contributed by atoms with Crippen molar-refractivity contribution in [2.24, 2.45) is 0 Å². The summed E-state index contributed by atoms with van der Waals surface area (Å²) < 4.78 is 0. The summed E-state index contributed by atoms with van der Waals surface area (Å²) in [5.74, 6) is 0. The third-order valence-corrected chi connectivity index (χ3v) is 3.52. The maximum atomic E-state index is 2.66. The van der Waals surface area contributed by atoms with Crippen molar-refractivity contribution in [1.29, 1.82) is 0 Å². The van der Waals surface area contributed by atoms with Crippen LogP contribution in [-0.2, 0) is 0 Å². The fraction of sp³-hybridized carbons (Fsp3) is 1.00. The summed E-state index contributed by atoms with van der Waals surface area (Å²) in [6, 6.07) is 1.90. The van der Waals surface area contributed by atoms with Crippen molar-refractivity contribution in [2.45, 2.75) is 63.5 Å². The van der Waals surface area contributed by atoms with Crippen LogP contribution in [0.15, 0.2) is 0 Å². The van der Waals surface area contributed by atoms with Gasteiger partial charge in [-0.15, -0.1) is 0 Å². The Labute approximate surface area is 76.1 Å². The van der Waals surface area contributed by atoms with Crippen LogP contribution >= 0.6 is 0 Å². The van der Waals surface area contributed by atoms with Gasteiger partial charge >= 0.3 is 0 Å². The Morgan fingerprint density at radius 1 is 0.750 bits per heavy atom. The van der Waals surface area contributed by atoms with Crippen molar-refractivity contribution in [1.82, 2.24) is 4.90 Å². The second-order valence-electron chi connectivity index (χ2n) is 4.54.